The summed E-state index contributed by atoms with van der Waals surface area (Å²) in [6.45, 7) is 4.06. The molecule has 166 valence electrons. The van der Waals surface area contributed by atoms with Gasteiger partial charge in [0.25, 0.3) is 0 Å². The van der Waals surface area contributed by atoms with Gasteiger partial charge in [-0.05, 0) is 60.9 Å². The van der Waals surface area contributed by atoms with Gasteiger partial charge in [-0.1, -0.05) is 61.4 Å². The molecule has 2 amide bonds. The average Bonchev–Trinajstić information content (AvgIpc) is 3.49. The lowest BCUT2D eigenvalue weighted by Gasteiger charge is -2.33. The summed E-state index contributed by atoms with van der Waals surface area (Å²) in [5.41, 5.74) is 3.73. The molecule has 32 heavy (non-hydrogen) atoms. The second-order valence-corrected chi connectivity index (χ2v) is 9.57. The predicted octanol–water partition coefficient (Wildman–Crippen LogP) is 5.74. The maximum Gasteiger partial charge on any atom is 0.248 e. The fourth-order valence-electron chi connectivity index (χ4n) is 4.46. The lowest BCUT2D eigenvalue weighted by Crippen LogP contribution is -2.47. The Bertz CT molecular complexity index is 1060. The number of amides is 2. The Labute approximate surface area is 194 Å². The quantitative estimate of drug-likeness (QED) is 0.503. The molecule has 1 aliphatic rings. The van der Waals surface area contributed by atoms with Crippen molar-refractivity contribution in [2.24, 2.45) is 0 Å². The van der Waals surface area contributed by atoms with E-state index < -0.39 is 6.04 Å². The van der Waals surface area contributed by atoms with Crippen LogP contribution in [0.5, 0.6) is 0 Å². The van der Waals surface area contributed by atoms with Crippen LogP contribution in [0.2, 0.25) is 0 Å². The van der Waals surface area contributed by atoms with E-state index in [1.807, 2.05) is 79.9 Å². The third kappa shape index (κ3) is 4.94. The minimum Gasteiger partial charge on any atom is -0.351 e. The van der Waals surface area contributed by atoms with Crippen LogP contribution in [0.3, 0.4) is 0 Å². The summed E-state index contributed by atoms with van der Waals surface area (Å²) in [5, 5.41) is 5.22. The Hall–Kier alpha value is -2.92. The number of aryl methyl sites for hydroxylation is 1. The molecular weight excluding hydrogens is 416 g/mol. The third-order valence-electron chi connectivity index (χ3n) is 6.33. The molecule has 0 aliphatic heterocycles. The van der Waals surface area contributed by atoms with Crippen LogP contribution < -0.4 is 10.2 Å². The number of nitrogens with zero attached hydrogens (tertiary/aromatic N) is 1. The van der Waals surface area contributed by atoms with Crippen molar-refractivity contribution in [2.45, 2.75) is 58.0 Å². The molecule has 1 aliphatic carbocycles. The number of carbonyl (C=O) groups is 2. The smallest absolute Gasteiger partial charge is 0.248 e. The van der Waals surface area contributed by atoms with Gasteiger partial charge in [-0.15, -0.1) is 11.3 Å². The van der Waals surface area contributed by atoms with Gasteiger partial charge in [-0.2, -0.15) is 0 Å². The van der Waals surface area contributed by atoms with Gasteiger partial charge in [0.1, 0.15) is 6.04 Å². The minimum atomic E-state index is -0.718. The summed E-state index contributed by atoms with van der Waals surface area (Å²) in [6, 6.07) is 19.0. The van der Waals surface area contributed by atoms with Gasteiger partial charge in [0.15, 0.2) is 0 Å². The summed E-state index contributed by atoms with van der Waals surface area (Å²) in [6.07, 6.45) is 4.54. The molecular formula is C27H30N2O2S. The first-order valence-electron chi connectivity index (χ1n) is 11.3. The number of anilines is 1. The van der Waals surface area contributed by atoms with Crippen molar-refractivity contribution in [2.75, 3.05) is 4.90 Å². The van der Waals surface area contributed by atoms with Crippen LogP contribution >= 0.6 is 11.3 Å². The zero-order valence-electron chi connectivity index (χ0n) is 18.7. The lowest BCUT2D eigenvalue weighted by atomic mass is 9.99. The first kappa shape index (κ1) is 22.3. The highest BCUT2D eigenvalue weighted by molar-refractivity contribution is 7.10. The summed E-state index contributed by atoms with van der Waals surface area (Å²) >= 11 is 1.57. The van der Waals surface area contributed by atoms with Crippen LogP contribution in [0.1, 0.15) is 53.3 Å². The first-order chi connectivity index (χ1) is 15.5. The van der Waals surface area contributed by atoms with Crippen molar-refractivity contribution in [1.29, 1.82) is 0 Å². The predicted molar refractivity (Wildman–Crippen MR) is 131 cm³/mol. The van der Waals surface area contributed by atoms with Crippen molar-refractivity contribution < 1.29 is 9.59 Å². The maximum absolute atomic E-state index is 13.8. The molecule has 1 heterocycles. The van der Waals surface area contributed by atoms with Gasteiger partial charge >= 0.3 is 0 Å². The Balaban J connectivity index is 1.78. The van der Waals surface area contributed by atoms with E-state index >= 15 is 0 Å². The molecule has 0 saturated heterocycles. The van der Waals surface area contributed by atoms with Crippen molar-refractivity contribution in [3.05, 3.63) is 87.6 Å². The van der Waals surface area contributed by atoms with E-state index in [-0.39, 0.29) is 24.3 Å². The SMILES string of the molecule is Cc1cccc(N(C(=O)Cc2cccs2)[C@@H](C(=O)NC2CCCC2)c2ccccc2)c1C. The van der Waals surface area contributed by atoms with E-state index in [2.05, 4.69) is 5.32 Å². The normalized spacial score (nSPS) is 14.8. The summed E-state index contributed by atoms with van der Waals surface area (Å²) in [7, 11) is 0. The number of hydrogen-bond donors (Lipinski definition) is 1. The minimum absolute atomic E-state index is 0.0726. The van der Waals surface area contributed by atoms with E-state index in [4.69, 9.17) is 0 Å². The fraction of sp³-hybridized carbons (Fsp3) is 0.333. The number of rotatable bonds is 7. The molecule has 0 unspecified atom stereocenters. The van der Waals surface area contributed by atoms with Crippen LogP contribution in [0.15, 0.2) is 66.0 Å². The van der Waals surface area contributed by atoms with Crippen molar-refractivity contribution in [1.82, 2.24) is 5.32 Å². The number of nitrogens with one attached hydrogen (secondary N) is 1. The molecule has 1 aromatic heterocycles. The first-order valence-corrected chi connectivity index (χ1v) is 12.2. The topological polar surface area (TPSA) is 49.4 Å². The number of hydrogen-bond acceptors (Lipinski definition) is 3. The molecule has 4 nitrogen and oxygen atoms in total. The van der Waals surface area contributed by atoms with E-state index in [0.717, 1.165) is 52.9 Å². The van der Waals surface area contributed by atoms with Crippen molar-refractivity contribution >= 4 is 28.8 Å². The molecule has 1 saturated carbocycles. The monoisotopic (exact) mass is 446 g/mol. The molecule has 0 radical (unpaired) electrons. The average molecular weight is 447 g/mol. The van der Waals surface area contributed by atoms with E-state index in [9.17, 15) is 9.59 Å². The molecule has 0 bridgehead atoms. The highest BCUT2D eigenvalue weighted by Crippen LogP contribution is 2.33. The molecule has 3 aromatic rings. The van der Waals surface area contributed by atoms with E-state index in [1.54, 1.807) is 16.2 Å². The Morgan fingerprint density at radius 3 is 2.44 bits per heavy atom. The van der Waals surface area contributed by atoms with E-state index in [1.165, 1.54) is 0 Å². The van der Waals surface area contributed by atoms with Crippen LogP contribution in [0.25, 0.3) is 0 Å². The second-order valence-electron chi connectivity index (χ2n) is 8.54. The van der Waals surface area contributed by atoms with Crippen molar-refractivity contribution in [3.63, 3.8) is 0 Å². The van der Waals surface area contributed by atoms with Gasteiger partial charge in [0.2, 0.25) is 11.8 Å². The Kier molecular flexibility index (Phi) is 7.05. The number of thiophene rings is 1. The molecule has 1 N–H and O–H groups in total. The van der Waals surface area contributed by atoms with Crippen LogP contribution in [-0.4, -0.2) is 17.9 Å². The van der Waals surface area contributed by atoms with Crippen LogP contribution in [0.4, 0.5) is 5.69 Å². The van der Waals surface area contributed by atoms with E-state index in [0.29, 0.717) is 0 Å². The molecule has 5 heteroatoms. The van der Waals surface area contributed by atoms with Gasteiger partial charge in [0, 0.05) is 16.6 Å². The molecule has 4 rings (SSSR count). The molecule has 1 fully saturated rings. The van der Waals surface area contributed by atoms with Crippen LogP contribution in [-0.2, 0) is 16.0 Å². The summed E-state index contributed by atoms with van der Waals surface area (Å²) < 4.78 is 0. The Morgan fingerprint density at radius 2 is 1.75 bits per heavy atom. The van der Waals surface area contributed by atoms with Gasteiger partial charge in [0.05, 0.1) is 6.42 Å². The zero-order valence-corrected chi connectivity index (χ0v) is 19.5. The highest BCUT2D eigenvalue weighted by atomic mass is 32.1. The van der Waals surface area contributed by atoms with Crippen molar-refractivity contribution in [3.8, 4) is 0 Å². The standard InChI is InChI=1S/C27H30N2O2S/c1-19-10-8-16-24(20(19)2)29(25(30)18-23-15-9-17-32-23)26(21-11-4-3-5-12-21)27(31)28-22-13-6-7-14-22/h3-5,8-12,15-17,22,26H,6-7,13-14,18H2,1-2H3,(H,28,31)/t26-/m1/s1. The zero-order chi connectivity index (χ0) is 22.5. The van der Waals surface area contributed by atoms with Gasteiger partial charge < -0.3 is 5.32 Å². The lowest BCUT2D eigenvalue weighted by molar-refractivity contribution is -0.127. The maximum atomic E-state index is 13.8. The number of carbonyl (C=O) groups excluding carboxylic acids is 2. The third-order valence-corrected chi connectivity index (χ3v) is 7.21. The van der Waals surface area contributed by atoms with Gasteiger partial charge in [-0.25, -0.2) is 0 Å². The van der Waals surface area contributed by atoms with Crippen LogP contribution in [0, 0.1) is 13.8 Å². The second kappa shape index (κ2) is 10.1. The summed E-state index contributed by atoms with van der Waals surface area (Å²) in [4.78, 5) is 30.2. The highest BCUT2D eigenvalue weighted by Gasteiger charge is 2.35. The summed E-state index contributed by atoms with van der Waals surface area (Å²) in [5.74, 6) is -0.180. The fourth-order valence-corrected chi connectivity index (χ4v) is 5.16. The molecule has 0 spiro atoms. The van der Waals surface area contributed by atoms with Gasteiger partial charge in [-0.3, -0.25) is 14.5 Å². The Morgan fingerprint density at radius 1 is 1.00 bits per heavy atom. The molecule has 2 aromatic carbocycles. The largest absolute Gasteiger partial charge is 0.351 e. The number of benzene rings is 2. The molecule has 1 atom stereocenters.